The van der Waals surface area contributed by atoms with Crippen molar-refractivity contribution in [2.75, 3.05) is 39.5 Å². The number of nitrogens with zero attached hydrogens (tertiary/aromatic N) is 1. The highest BCUT2D eigenvalue weighted by Crippen LogP contribution is 2.21. The Bertz CT molecular complexity index is 229. The van der Waals surface area contributed by atoms with Crippen LogP contribution >= 0.6 is 0 Å². The van der Waals surface area contributed by atoms with Gasteiger partial charge in [0.25, 0.3) is 0 Å². The van der Waals surface area contributed by atoms with Crippen LogP contribution < -0.4 is 0 Å². The van der Waals surface area contributed by atoms with Crippen molar-refractivity contribution in [1.29, 1.82) is 0 Å². The topological polar surface area (TPSA) is 51.2 Å². The summed E-state index contributed by atoms with van der Waals surface area (Å²) in [6.45, 7) is 11.6. The van der Waals surface area contributed by atoms with Gasteiger partial charge in [-0.25, -0.2) is 0 Å². The van der Waals surface area contributed by atoms with Crippen LogP contribution in [0.25, 0.3) is 0 Å². The van der Waals surface area contributed by atoms with E-state index in [1.807, 2.05) is 27.7 Å². The second-order valence-electron chi connectivity index (χ2n) is 5.22. The van der Waals surface area contributed by atoms with Crippen LogP contribution in [0.15, 0.2) is 0 Å². The Hall–Kier alpha value is -0.200. The summed E-state index contributed by atoms with van der Waals surface area (Å²) in [6.07, 6.45) is -0.328. The maximum Gasteiger partial charge on any atom is 0.170 e. The highest BCUT2D eigenvalue weighted by atomic mass is 16.7. The Balaban J connectivity index is 2.52. The zero-order valence-corrected chi connectivity index (χ0v) is 12.0. The molecule has 0 spiro atoms. The molecule has 0 amide bonds. The first-order valence-corrected chi connectivity index (χ1v) is 6.75. The van der Waals surface area contributed by atoms with E-state index in [2.05, 4.69) is 4.90 Å². The van der Waals surface area contributed by atoms with Gasteiger partial charge in [0.15, 0.2) is 6.29 Å². The largest absolute Gasteiger partial charge is 0.394 e. The summed E-state index contributed by atoms with van der Waals surface area (Å²) >= 11 is 0. The van der Waals surface area contributed by atoms with Gasteiger partial charge in [0, 0.05) is 32.8 Å². The molecule has 0 aromatic rings. The second-order valence-corrected chi connectivity index (χ2v) is 5.22. The number of aliphatic hydroxyl groups excluding tert-OH is 1. The zero-order valence-electron chi connectivity index (χ0n) is 12.0. The minimum absolute atomic E-state index is 0.0495. The van der Waals surface area contributed by atoms with E-state index in [9.17, 15) is 5.11 Å². The number of aliphatic hydroxyl groups is 1. The molecule has 0 aromatic heterocycles. The highest BCUT2D eigenvalue weighted by Gasteiger charge is 2.34. The maximum absolute atomic E-state index is 9.27. The third kappa shape index (κ3) is 5.20. The molecule has 0 bridgehead atoms. The molecule has 108 valence electrons. The predicted molar refractivity (Wildman–Crippen MR) is 69.5 cm³/mol. The van der Waals surface area contributed by atoms with Crippen LogP contribution in [0.2, 0.25) is 0 Å². The molecule has 1 unspecified atom stereocenters. The molecule has 1 atom stereocenters. The Labute approximate surface area is 110 Å². The van der Waals surface area contributed by atoms with Crippen LogP contribution in [0.5, 0.6) is 0 Å². The van der Waals surface area contributed by atoms with Crippen LogP contribution in [0, 0.1) is 0 Å². The van der Waals surface area contributed by atoms with Crippen molar-refractivity contribution in [3.8, 4) is 0 Å². The van der Waals surface area contributed by atoms with Crippen molar-refractivity contribution in [2.24, 2.45) is 0 Å². The molecule has 1 heterocycles. The van der Waals surface area contributed by atoms with E-state index in [-0.39, 0.29) is 24.6 Å². The molecular weight excluding hydrogens is 234 g/mol. The molecule has 1 fully saturated rings. The van der Waals surface area contributed by atoms with Crippen LogP contribution in [0.4, 0.5) is 0 Å². The average Bonchev–Trinajstić information content (AvgIpc) is 2.27. The zero-order chi connectivity index (χ0) is 13.6. The number of ether oxygens (including phenoxy) is 3. The lowest BCUT2D eigenvalue weighted by Crippen LogP contribution is -2.55. The first-order valence-electron chi connectivity index (χ1n) is 6.75. The molecule has 1 saturated heterocycles. The van der Waals surface area contributed by atoms with Crippen molar-refractivity contribution in [3.63, 3.8) is 0 Å². The van der Waals surface area contributed by atoms with Gasteiger partial charge in [-0.2, -0.15) is 0 Å². The summed E-state index contributed by atoms with van der Waals surface area (Å²) in [5, 5.41) is 9.27. The fourth-order valence-corrected chi connectivity index (χ4v) is 2.39. The van der Waals surface area contributed by atoms with E-state index in [1.54, 1.807) is 0 Å². The third-order valence-electron chi connectivity index (χ3n) is 2.87. The number of rotatable bonds is 7. The predicted octanol–water partition coefficient (Wildman–Crippen LogP) is 0.857. The Morgan fingerprint density at radius 1 is 1.33 bits per heavy atom. The van der Waals surface area contributed by atoms with E-state index >= 15 is 0 Å². The Morgan fingerprint density at radius 3 is 2.44 bits per heavy atom. The van der Waals surface area contributed by atoms with E-state index in [4.69, 9.17) is 14.2 Å². The maximum atomic E-state index is 9.27. The van der Waals surface area contributed by atoms with E-state index < -0.39 is 0 Å². The van der Waals surface area contributed by atoms with Gasteiger partial charge >= 0.3 is 0 Å². The van der Waals surface area contributed by atoms with E-state index in [0.717, 1.165) is 13.1 Å². The van der Waals surface area contributed by atoms with Crippen molar-refractivity contribution >= 4 is 0 Å². The molecule has 0 radical (unpaired) electrons. The van der Waals surface area contributed by atoms with Gasteiger partial charge < -0.3 is 19.3 Å². The molecule has 0 aromatic carbocycles. The van der Waals surface area contributed by atoms with Gasteiger partial charge in [0.05, 0.1) is 18.3 Å². The molecule has 1 aliphatic heterocycles. The molecular formula is C13H27NO4. The lowest BCUT2D eigenvalue weighted by atomic mass is 10.1. The van der Waals surface area contributed by atoms with Crippen molar-refractivity contribution in [3.05, 3.63) is 0 Å². The normalized spacial score (nSPS) is 24.7. The number of morpholine rings is 1. The van der Waals surface area contributed by atoms with E-state index in [1.165, 1.54) is 0 Å². The summed E-state index contributed by atoms with van der Waals surface area (Å²) in [4.78, 5) is 2.24. The summed E-state index contributed by atoms with van der Waals surface area (Å²) in [5.41, 5.74) is -0.241. The standard InChI is InChI=1S/C13H27NO4/c1-5-16-12(17-6-2)8-14-7-11(9-15)18-13(3,4)10-14/h11-12,15H,5-10H2,1-4H3. The van der Waals surface area contributed by atoms with Gasteiger partial charge in [-0.3, -0.25) is 4.90 Å². The summed E-state index contributed by atoms with van der Waals surface area (Å²) < 4.78 is 16.9. The first kappa shape index (κ1) is 15.9. The highest BCUT2D eigenvalue weighted by molar-refractivity contribution is 4.84. The van der Waals surface area contributed by atoms with Gasteiger partial charge in [0.1, 0.15) is 0 Å². The Morgan fingerprint density at radius 2 is 1.94 bits per heavy atom. The first-order chi connectivity index (χ1) is 8.50. The van der Waals surface area contributed by atoms with Gasteiger partial charge in [0.2, 0.25) is 0 Å². The minimum Gasteiger partial charge on any atom is -0.394 e. The molecule has 5 nitrogen and oxygen atoms in total. The number of hydrogen-bond donors (Lipinski definition) is 1. The Kier molecular flexibility index (Phi) is 6.52. The van der Waals surface area contributed by atoms with Crippen LogP contribution in [0.1, 0.15) is 27.7 Å². The fourth-order valence-electron chi connectivity index (χ4n) is 2.39. The van der Waals surface area contributed by atoms with Crippen LogP contribution in [-0.2, 0) is 14.2 Å². The molecule has 1 rings (SSSR count). The smallest absolute Gasteiger partial charge is 0.170 e. The van der Waals surface area contributed by atoms with Gasteiger partial charge in [-0.05, 0) is 27.7 Å². The van der Waals surface area contributed by atoms with Crippen LogP contribution in [-0.4, -0.2) is 67.5 Å². The third-order valence-corrected chi connectivity index (χ3v) is 2.87. The minimum atomic E-state index is -0.241. The lowest BCUT2D eigenvalue weighted by molar-refractivity contribution is -0.185. The van der Waals surface area contributed by atoms with Gasteiger partial charge in [-0.1, -0.05) is 0 Å². The molecule has 0 saturated carbocycles. The van der Waals surface area contributed by atoms with Crippen molar-refractivity contribution in [1.82, 2.24) is 4.90 Å². The summed E-state index contributed by atoms with van der Waals surface area (Å²) in [7, 11) is 0. The summed E-state index contributed by atoms with van der Waals surface area (Å²) in [6, 6.07) is 0. The molecule has 5 heteroatoms. The quantitative estimate of drug-likeness (QED) is 0.689. The monoisotopic (exact) mass is 261 g/mol. The fraction of sp³-hybridized carbons (Fsp3) is 1.00. The molecule has 1 aliphatic rings. The molecule has 1 N–H and O–H groups in total. The summed E-state index contributed by atoms with van der Waals surface area (Å²) in [5.74, 6) is 0. The average molecular weight is 261 g/mol. The molecule has 0 aliphatic carbocycles. The van der Waals surface area contributed by atoms with Crippen molar-refractivity contribution < 1.29 is 19.3 Å². The van der Waals surface area contributed by atoms with Crippen LogP contribution in [0.3, 0.4) is 0 Å². The molecule has 18 heavy (non-hydrogen) atoms. The SMILES string of the molecule is CCOC(CN1CC(CO)OC(C)(C)C1)OCC. The van der Waals surface area contributed by atoms with E-state index in [0.29, 0.717) is 19.8 Å². The lowest BCUT2D eigenvalue weighted by Gasteiger charge is -2.43. The number of hydrogen-bond acceptors (Lipinski definition) is 5. The van der Waals surface area contributed by atoms with Gasteiger partial charge in [-0.15, -0.1) is 0 Å². The van der Waals surface area contributed by atoms with Crippen molar-refractivity contribution in [2.45, 2.75) is 45.7 Å². The second kappa shape index (κ2) is 7.40.